The Hall–Kier alpha value is -0.760. The zero-order chi connectivity index (χ0) is 46.4. The van der Waals surface area contributed by atoms with Crippen molar-refractivity contribution in [1.82, 2.24) is 5.32 Å². The van der Waals surface area contributed by atoms with Crippen LogP contribution in [0.4, 0.5) is 0 Å². The fourth-order valence-electron chi connectivity index (χ4n) is 8.39. The molecule has 2 N–H and O–H groups in total. The highest BCUT2D eigenvalue weighted by Gasteiger charge is 2.24. The lowest BCUT2D eigenvalue weighted by molar-refractivity contribution is -0.870. The first-order valence-corrected chi connectivity index (χ1v) is 29.0. The molecule has 0 radical (unpaired) electrons. The molecule has 3 unspecified atom stereocenters. The van der Waals surface area contributed by atoms with Gasteiger partial charge in [0.1, 0.15) is 13.2 Å². The Morgan fingerprint density at radius 3 is 1.24 bits per heavy atom. The summed E-state index contributed by atoms with van der Waals surface area (Å²) in [6, 6.07) is -0.793. The summed E-state index contributed by atoms with van der Waals surface area (Å²) in [4.78, 5) is 25.3. The predicted molar refractivity (Wildman–Crippen MR) is 270 cm³/mol. The first kappa shape index (κ1) is 62.2. The van der Waals surface area contributed by atoms with Gasteiger partial charge in [0.25, 0.3) is 7.82 Å². The molecule has 8 nitrogen and oxygen atoms in total. The smallest absolute Gasteiger partial charge is 0.268 e. The predicted octanol–water partition coefficient (Wildman–Crippen LogP) is 15.6. The van der Waals surface area contributed by atoms with Crippen molar-refractivity contribution in [3.63, 3.8) is 0 Å². The van der Waals surface area contributed by atoms with Gasteiger partial charge in [-0.15, -0.1) is 0 Å². The average Bonchev–Trinajstić information content (AvgIpc) is 3.24. The van der Waals surface area contributed by atoms with Crippen LogP contribution in [0.5, 0.6) is 0 Å². The number of rotatable bonds is 51. The number of aliphatic hydroxyl groups excluding tert-OH is 1. The molecule has 0 aromatic carbocycles. The van der Waals surface area contributed by atoms with Crippen LogP contribution in [0.15, 0.2) is 12.2 Å². The van der Waals surface area contributed by atoms with Gasteiger partial charge < -0.3 is 28.8 Å². The minimum atomic E-state index is -4.56. The Labute approximate surface area is 392 Å². The van der Waals surface area contributed by atoms with Gasteiger partial charge in [-0.2, -0.15) is 0 Å². The van der Waals surface area contributed by atoms with Crippen LogP contribution in [0.1, 0.15) is 277 Å². The third kappa shape index (κ3) is 49.0. The van der Waals surface area contributed by atoms with Gasteiger partial charge in [0, 0.05) is 6.42 Å². The van der Waals surface area contributed by atoms with Crippen molar-refractivity contribution in [3.05, 3.63) is 12.2 Å². The van der Waals surface area contributed by atoms with E-state index in [-0.39, 0.29) is 19.1 Å². The van der Waals surface area contributed by atoms with E-state index < -0.39 is 20.0 Å². The fourth-order valence-corrected chi connectivity index (χ4v) is 9.11. The van der Waals surface area contributed by atoms with E-state index in [9.17, 15) is 19.4 Å². The van der Waals surface area contributed by atoms with E-state index in [1.807, 2.05) is 21.1 Å². The van der Waals surface area contributed by atoms with Crippen molar-refractivity contribution in [2.45, 2.75) is 289 Å². The normalized spacial score (nSPS) is 14.1. The molecule has 0 saturated heterocycles. The van der Waals surface area contributed by atoms with Gasteiger partial charge in [-0.25, -0.2) is 0 Å². The third-order valence-electron chi connectivity index (χ3n) is 12.8. The molecular weight excluding hydrogens is 804 g/mol. The second-order valence-electron chi connectivity index (χ2n) is 20.3. The molecule has 0 aromatic heterocycles. The van der Waals surface area contributed by atoms with Crippen LogP contribution >= 0.6 is 7.82 Å². The average molecular weight is 913 g/mol. The number of unbranched alkanes of at least 4 members (excludes halogenated alkanes) is 36. The highest BCUT2D eigenvalue weighted by Crippen LogP contribution is 2.38. The zero-order valence-corrected chi connectivity index (χ0v) is 43.7. The second kappa shape index (κ2) is 46.4. The van der Waals surface area contributed by atoms with E-state index in [1.165, 1.54) is 212 Å². The van der Waals surface area contributed by atoms with Crippen LogP contribution in [-0.2, 0) is 18.4 Å². The molecule has 0 bridgehead atoms. The number of carbonyl (C=O) groups excluding carboxylic acids is 1. The van der Waals surface area contributed by atoms with Crippen molar-refractivity contribution < 1.29 is 32.9 Å². The largest absolute Gasteiger partial charge is 0.756 e. The maximum Gasteiger partial charge on any atom is 0.268 e. The summed E-state index contributed by atoms with van der Waals surface area (Å²) in [7, 11) is 1.31. The zero-order valence-electron chi connectivity index (χ0n) is 42.8. The summed E-state index contributed by atoms with van der Waals surface area (Å²) in [5.74, 6) is -0.163. The molecular formula is C54H109N2O6P. The number of aliphatic hydroxyl groups is 1. The van der Waals surface area contributed by atoms with Crippen LogP contribution in [0.25, 0.3) is 0 Å². The number of hydrogen-bond acceptors (Lipinski definition) is 6. The summed E-state index contributed by atoms with van der Waals surface area (Å²) in [5.41, 5.74) is 0. The topological polar surface area (TPSA) is 108 Å². The van der Waals surface area contributed by atoms with E-state index in [1.54, 1.807) is 0 Å². The van der Waals surface area contributed by atoms with E-state index >= 15 is 0 Å². The lowest BCUT2D eigenvalue weighted by Crippen LogP contribution is -2.46. The Balaban J connectivity index is 3.83. The number of nitrogens with zero attached hydrogens (tertiary/aromatic N) is 1. The van der Waals surface area contributed by atoms with Crippen molar-refractivity contribution in [2.24, 2.45) is 0 Å². The lowest BCUT2D eigenvalue weighted by atomic mass is 10.0. The number of carbonyl (C=O) groups is 1. The van der Waals surface area contributed by atoms with Gasteiger partial charge >= 0.3 is 0 Å². The molecule has 9 heteroatoms. The third-order valence-corrected chi connectivity index (χ3v) is 13.7. The van der Waals surface area contributed by atoms with Crippen molar-refractivity contribution in [2.75, 3.05) is 40.9 Å². The molecule has 376 valence electrons. The van der Waals surface area contributed by atoms with Gasteiger partial charge in [0.15, 0.2) is 0 Å². The van der Waals surface area contributed by atoms with Crippen molar-refractivity contribution in [3.8, 4) is 0 Å². The molecule has 0 fully saturated rings. The fraction of sp³-hybridized carbons (Fsp3) is 0.944. The number of allylic oxidation sites excluding steroid dienone is 2. The Morgan fingerprint density at radius 2 is 0.873 bits per heavy atom. The standard InChI is InChI=1S/C54H109N2O6P/c1-6-8-10-12-14-16-17-18-19-20-21-22-23-24-25-26-27-28-29-30-31-32-33-34-35-36-37-38-39-40-42-44-46-48-54(58)55-52(51-62-63(59,60)61-50-49-56(3,4)5)53(57)47-45-43-41-15-13-11-9-7-2/h20-21,52-53,57H,6-19,22-51H2,1-5H3,(H-,55,58,59,60)/b21-20-. The quantitative estimate of drug-likeness (QED) is 0.0272. The van der Waals surface area contributed by atoms with Crippen LogP contribution in [0.3, 0.4) is 0 Å². The molecule has 1 amide bonds. The molecule has 0 aliphatic carbocycles. The van der Waals surface area contributed by atoms with Crippen molar-refractivity contribution in [1.29, 1.82) is 0 Å². The molecule has 63 heavy (non-hydrogen) atoms. The van der Waals surface area contributed by atoms with E-state index in [4.69, 9.17) is 9.05 Å². The van der Waals surface area contributed by atoms with Crippen LogP contribution < -0.4 is 10.2 Å². The molecule has 0 aliphatic rings. The van der Waals surface area contributed by atoms with Crippen LogP contribution in [-0.4, -0.2) is 68.5 Å². The molecule has 0 aromatic rings. The monoisotopic (exact) mass is 913 g/mol. The minimum absolute atomic E-state index is 0.0148. The minimum Gasteiger partial charge on any atom is -0.756 e. The molecule has 3 atom stereocenters. The number of nitrogens with one attached hydrogen (secondary N) is 1. The molecule has 0 aliphatic heterocycles. The number of phosphoric acid groups is 1. The highest BCUT2D eigenvalue weighted by molar-refractivity contribution is 7.45. The second-order valence-corrected chi connectivity index (χ2v) is 21.7. The van der Waals surface area contributed by atoms with Crippen LogP contribution in [0, 0.1) is 0 Å². The van der Waals surface area contributed by atoms with E-state index in [0.29, 0.717) is 23.9 Å². The molecule has 0 saturated carbocycles. The molecule has 0 heterocycles. The number of quaternary nitrogens is 1. The van der Waals surface area contributed by atoms with Gasteiger partial charge in [-0.05, 0) is 38.5 Å². The van der Waals surface area contributed by atoms with Gasteiger partial charge in [-0.3, -0.25) is 9.36 Å². The Kier molecular flexibility index (Phi) is 45.8. The molecule has 0 rings (SSSR count). The number of amides is 1. The van der Waals surface area contributed by atoms with Gasteiger partial charge in [-0.1, -0.05) is 244 Å². The van der Waals surface area contributed by atoms with Crippen LogP contribution in [0.2, 0.25) is 0 Å². The SMILES string of the molecule is CCCCCCCCCC/C=C\CCCCCCCCCCCCCCCCCCCCCCCC(=O)NC(COP(=O)([O-])OCC[N+](C)(C)C)C(O)CCCCCCCCCC. The number of hydrogen-bond donors (Lipinski definition) is 2. The maximum absolute atomic E-state index is 12.9. The highest BCUT2D eigenvalue weighted by atomic mass is 31.2. The summed E-state index contributed by atoms with van der Waals surface area (Å²) in [6.07, 6.45) is 55.7. The summed E-state index contributed by atoms with van der Waals surface area (Å²) < 4.78 is 23.2. The number of phosphoric ester groups is 1. The summed E-state index contributed by atoms with van der Waals surface area (Å²) in [6.45, 7) is 4.71. The summed E-state index contributed by atoms with van der Waals surface area (Å²) in [5, 5.41) is 13.9. The Bertz CT molecular complexity index is 1040. The van der Waals surface area contributed by atoms with Gasteiger partial charge in [0.05, 0.1) is 39.9 Å². The first-order valence-electron chi connectivity index (χ1n) is 27.5. The summed E-state index contributed by atoms with van der Waals surface area (Å²) >= 11 is 0. The first-order chi connectivity index (χ1) is 30.5. The Morgan fingerprint density at radius 1 is 0.540 bits per heavy atom. The van der Waals surface area contributed by atoms with E-state index in [0.717, 1.165) is 38.5 Å². The lowest BCUT2D eigenvalue weighted by Gasteiger charge is -2.30. The number of likely N-dealkylation sites (N-methyl/N-ethyl adjacent to an activating group) is 1. The van der Waals surface area contributed by atoms with Gasteiger partial charge in [0.2, 0.25) is 5.91 Å². The van der Waals surface area contributed by atoms with Crippen molar-refractivity contribution >= 4 is 13.7 Å². The van der Waals surface area contributed by atoms with E-state index in [2.05, 4.69) is 31.3 Å². The molecule has 0 spiro atoms. The maximum atomic E-state index is 12.9.